The lowest BCUT2D eigenvalue weighted by Crippen LogP contribution is -2.46. The molecule has 8 nitrogen and oxygen atoms in total. The Labute approximate surface area is 196 Å². The molecule has 1 unspecified atom stereocenters. The van der Waals surface area contributed by atoms with E-state index in [0.717, 1.165) is 11.1 Å². The van der Waals surface area contributed by atoms with Crippen LogP contribution in [0.25, 0.3) is 0 Å². The smallest absolute Gasteiger partial charge is 0.183 e. The van der Waals surface area contributed by atoms with E-state index in [0.29, 0.717) is 12.3 Å². The first kappa shape index (κ1) is 25.5. The largest absolute Gasteiger partial charge is 0.493 e. The highest BCUT2D eigenvalue weighted by Crippen LogP contribution is 2.33. The Bertz CT molecular complexity index is 1180. The highest BCUT2D eigenvalue weighted by Gasteiger charge is 2.46. The summed E-state index contributed by atoms with van der Waals surface area (Å²) in [4.78, 5) is 2.04. The Kier molecular flexibility index (Phi) is 7.73. The molecule has 1 saturated heterocycles. The van der Waals surface area contributed by atoms with E-state index < -0.39 is 36.7 Å². The molecule has 1 aliphatic heterocycles. The van der Waals surface area contributed by atoms with Gasteiger partial charge in [-0.05, 0) is 38.7 Å². The van der Waals surface area contributed by atoms with Gasteiger partial charge in [0, 0.05) is 24.7 Å². The van der Waals surface area contributed by atoms with Gasteiger partial charge in [-0.2, -0.15) is 0 Å². The summed E-state index contributed by atoms with van der Waals surface area (Å²) in [6.45, 7) is 2.42. The third-order valence-corrected chi connectivity index (χ3v) is 10.2. The Morgan fingerprint density at radius 3 is 2.24 bits per heavy atom. The summed E-state index contributed by atoms with van der Waals surface area (Å²) in [5.41, 5.74) is 2.21. The predicted molar refractivity (Wildman–Crippen MR) is 129 cm³/mol. The summed E-state index contributed by atoms with van der Waals surface area (Å²) in [5, 5.41) is 2.16. The van der Waals surface area contributed by atoms with Crippen molar-refractivity contribution in [1.29, 1.82) is 0 Å². The average molecular weight is 497 g/mol. The molecule has 2 aromatic rings. The maximum atomic E-state index is 13.5. The van der Waals surface area contributed by atoms with Crippen LogP contribution in [-0.2, 0) is 19.7 Å². The van der Waals surface area contributed by atoms with Crippen LogP contribution in [-0.4, -0.2) is 79.4 Å². The highest BCUT2D eigenvalue weighted by atomic mass is 32.2. The average Bonchev–Trinajstić information content (AvgIpc) is 3.09. The summed E-state index contributed by atoms with van der Waals surface area (Å²) in [7, 11) is -0.695. The van der Waals surface area contributed by atoms with Crippen LogP contribution in [0, 0.1) is 6.92 Å². The monoisotopic (exact) mass is 496 g/mol. The number of hydrogen-bond acceptors (Lipinski definition) is 8. The first-order valence-electron chi connectivity index (χ1n) is 10.6. The molecule has 0 aliphatic carbocycles. The number of hydrogen-bond donors (Lipinski definition) is 1. The standard InChI is InChI=1S/C23H32N2O6S2/c1-16-6-8-17(9-7-16)20(25(2)3)13-24-19-14-32(26,27)15-23(19)33(28,29)18-10-11-21(30-4)22(12-18)31-5/h6-12,19-20,23-24H,13-15H2,1-5H3/t19-,20?,23-/m0/s1. The Balaban J connectivity index is 1.87. The molecule has 3 atom stereocenters. The second-order valence-corrected chi connectivity index (χ2v) is 12.9. The number of ether oxygens (including phenoxy) is 2. The molecule has 0 aromatic heterocycles. The number of methoxy groups -OCH3 is 2. The van der Waals surface area contributed by atoms with Crippen molar-refractivity contribution >= 4 is 19.7 Å². The second kappa shape index (κ2) is 10.0. The molecule has 1 fully saturated rings. The number of nitrogens with zero attached hydrogens (tertiary/aromatic N) is 1. The fourth-order valence-corrected chi connectivity index (χ4v) is 8.86. The number of rotatable bonds is 9. The van der Waals surface area contributed by atoms with Crippen LogP contribution in [0.2, 0.25) is 0 Å². The third kappa shape index (κ3) is 5.68. The molecule has 0 bridgehead atoms. The summed E-state index contributed by atoms with van der Waals surface area (Å²) in [6, 6.07) is 11.7. The maximum Gasteiger partial charge on any atom is 0.183 e. The number of nitrogens with one attached hydrogen (secondary N) is 1. The van der Waals surface area contributed by atoms with Crippen LogP contribution in [0.4, 0.5) is 0 Å². The lowest BCUT2D eigenvalue weighted by molar-refractivity contribution is 0.282. The van der Waals surface area contributed by atoms with Crippen molar-refractivity contribution < 1.29 is 26.3 Å². The molecule has 0 spiro atoms. The minimum atomic E-state index is -3.95. The quantitative estimate of drug-likeness (QED) is 0.561. The molecule has 1 aliphatic rings. The molecule has 0 amide bonds. The fourth-order valence-electron chi connectivity index (χ4n) is 4.13. The van der Waals surface area contributed by atoms with E-state index in [1.165, 1.54) is 32.4 Å². The maximum absolute atomic E-state index is 13.5. The van der Waals surface area contributed by atoms with E-state index >= 15 is 0 Å². The summed E-state index contributed by atoms with van der Waals surface area (Å²) in [5.74, 6) is 0.0320. The molecule has 182 valence electrons. The van der Waals surface area contributed by atoms with Crippen LogP contribution in [0.1, 0.15) is 17.2 Å². The van der Waals surface area contributed by atoms with Crippen LogP contribution >= 0.6 is 0 Å². The molecule has 3 rings (SSSR count). The number of benzene rings is 2. The van der Waals surface area contributed by atoms with Crippen molar-refractivity contribution in [3.05, 3.63) is 53.6 Å². The molecule has 1 N–H and O–H groups in total. The Hall–Kier alpha value is -2.14. The van der Waals surface area contributed by atoms with Crippen molar-refractivity contribution in [2.24, 2.45) is 0 Å². The predicted octanol–water partition coefficient (Wildman–Crippen LogP) is 1.84. The third-order valence-electron chi connectivity index (χ3n) is 6.04. The zero-order chi connectivity index (χ0) is 24.4. The van der Waals surface area contributed by atoms with Crippen molar-refractivity contribution in [1.82, 2.24) is 10.2 Å². The van der Waals surface area contributed by atoms with E-state index in [2.05, 4.69) is 5.32 Å². The van der Waals surface area contributed by atoms with E-state index in [1.54, 1.807) is 0 Å². The van der Waals surface area contributed by atoms with Crippen molar-refractivity contribution in [3.63, 3.8) is 0 Å². The lowest BCUT2D eigenvalue weighted by atomic mass is 10.0. The molecule has 33 heavy (non-hydrogen) atoms. The molecule has 2 aromatic carbocycles. The van der Waals surface area contributed by atoms with Gasteiger partial charge in [0.1, 0.15) is 0 Å². The van der Waals surface area contributed by atoms with Gasteiger partial charge in [-0.25, -0.2) is 16.8 Å². The minimum absolute atomic E-state index is 0.0109. The van der Waals surface area contributed by atoms with Crippen molar-refractivity contribution in [2.75, 3.05) is 46.4 Å². The van der Waals surface area contributed by atoms with Gasteiger partial charge in [-0.3, -0.25) is 0 Å². The fraction of sp³-hybridized carbons (Fsp3) is 0.478. The Morgan fingerprint density at radius 2 is 1.67 bits per heavy atom. The number of aryl methyl sites for hydroxylation is 1. The van der Waals surface area contributed by atoms with Gasteiger partial charge in [-0.1, -0.05) is 29.8 Å². The zero-order valence-corrected chi connectivity index (χ0v) is 21.2. The summed E-state index contributed by atoms with van der Waals surface area (Å²) < 4.78 is 62.3. The second-order valence-electron chi connectivity index (χ2n) is 8.58. The van der Waals surface area contributed by atoms with Crippen molar-refractivity contribution in [2.45, 2.75) is 29.2 Å². The lowest BCUT2D eigenvalue weighted by Gasteiger charge is -2.28. The van der Waals surface area contributed by atoms with E-state index in [-0.39, 0.29) is 22.4 Å². The van der Waals surface area contributed by atoms with Crippen LogP contribution in [0.3, 0.4) is 0 Å². The minimum Gasteiger partial charge on any atom is -0.493 e. The van der Waals surface area contributed by atoms with Gasteiger partial charge in [-0.15, -0.1) is 0 Å². The molecule has 0 saturated carbocycles. The number of sulfone groups is 2. The topological polar surface area (TPSA) is 102 Å². The summed E-state index contributed by atoms with van der Waals surface area (Å²) in [6.07, 6.45) is 0. The molecular weight excluding hydrogens is 464 g/mol. The highest BCUT2D eigenvalue weighted by molar-refractivity contribution is 7.96. The van der Waals surface area contributed by atoms with Crippen molar-refractivity contribution in [3.8, 4) is 11.5 Å². The van der Waals surface area contributed by atoms with Gasteiger partial charge in [0.15, 0.2) is 31.2 Å². The van der Waals surface area contributed by atoms with Gasteiger partial charge in [0.2, 0.25) is 0 Å². The zero-order valence-electron chi connectivity index (χ0n) is 19.6. The molecular formula is C23H32N2O6S2. The Morgan fingerprint density at radius 1 is 1.03 bits per heavy atom. The molecule has 0 radical (unpaired) electrons. The first-order chi connectivity index (χ1) is 15.5. The first-order valence-corrected chi connectivity index (χ1v) is 14.0. The molecule has 10 heteroatoms. The van der Waals surface area contributed by atoms with Crippen LogP contribution in [0.5, 0.6) is 11.5 Å². The van der Waals surface area contributed by atoms with Gasteiger partial charge >= 0.3 is 0 Å². The van der Waals surface area contributed by atoms with E-state index in [1.807, 2.05) is 50.2 Å². The van der Waals surface area contributed by atoms with E-state index in [9.17, 15) is 16.8 Å². The van der Waals surface area contributed by atoms with Crippen LogP contribution in [0.15, 0.2) is 47.4 Å². The van der Waals surface area contributed by atoms with Gasteiger partial charge < -0.3 is 19.7 Å². The number of likely N-dealkylation sites (N-methyl/N-ethyl adjacent to an activating group) is 1. The van der Waals surface area contributed by atoms with Crippen LogP contribution < -0.4 is 14.8 Å². The summed E-state index contributed by atoms with van der Waals surface area (Å²) >= 11 is 0. The molecule has 1 heterocycles. The van der Waals surface area contributed by atoms with Gasteiger partial charge in [0.05, 0.1) is 35.9 Å². The van der Waals surface area contributed by atoms with Gasteiger partial charge in [0.25, 0.3) is 0 Å². The SMILES string of the molecule is COc1ccc(S(=O)(=O)[C@H]2CS(=O)(=O)C[C@@H]2NCC(c2ccc(C)cc2)N(C)C)cc1OC. The normalized spacial score (nSPS) is 21.2. The van der Waals surface area contributed by atoms with E-state index in [4.69, 9.17) is 9.47 Å².